The molecule has 0 fully saturated rings. The number of fused-ring (bicyclic) bond motifs is 15. The fraction of sp³-hybridized carbons (Fsp3) is 0.153. The predicted octanol–water partition coefficient (Wildman–Crippen LogP) is 15.7. The number of thiophene rings is 1. The lowest BCUT2D eigenvalue weighted by Gasteiger charge is -2.36. The molecule has 0 radical (unpaired) electrons. The van der Waals surface area contributed by atoms with Gasteiger partial charge in [-0.1, -0.05) is 172 Å². The Morgan fingerprint density at radius 1 is 0.574 bits per heavy atom. The number of aryl methyl sites for hydroxylation is 1. The minimum atomic E-state index is -0.324. The summed E-state index contributed by atoms with van der Waals surface area (Å²) in [6, 6.07) is 60.2. The van der Waals surface area contributed by atoms with Gasteiger partial charge in [0.1, 0.15) is 0 Å². The minimum Gasteiger partial charge on any atom is -0.310 e. The molecule has 8 aromatic rings. The summed E-state index contributed by atoms with van der Waals surface area (Å²) in [5.74, 6) is 0.403. The van der Waals surface area contributed by atoms with Crippen LogP contribution in [0.25, 0.3) is 54.7 Å². The molecule has 1 nitrogen and oxygen atoms in total. The molecule has 292 valence electrons. The van der Waals surface area contributed by atoms with Crippen LogP contribution < -0.4 is 4.90 Å². The molecule has 0 saturated carbocycles. The van der Waals surface area contributed by atoms with Crippen molar-refractivity contribution in [3.8, 4) is 33.4 Å². The molecule has 61 heavy (non-hydrogen) atoms. The SMILES string of the molecule is CC1CC=CC2=C1C1(c3ccc(N(C4=CCCc5sc6ccccc6c54)c4ccccc4-c4cccc5c4-c4ccccc4C5(C)C)cc32)c2ccccc2-c2ccccc21. The van der Waals surface area contributed by atoms with E-state index in [0.29, 0.717) is 5.92 Å². The normalized spacial score (nSPS) is 18.0. The van der Waals surface area contributed by atoms with Gasteiger partial charge < -0.3 is 4.90 Å². The van der Waals surface area contributed by atoms with E-state index < -0.39 is 0 Å². The van der Waals surface area contributed by atoms with E-state index in [2.05, 4.69) is 202 Å². The summed E-state index contributed by atoms with van der Waals surface area (Å²) < 4.78 is 1.36. The zero-order valence-electron chi connectivity index (χ0n) is 34.8. The molecule has 0 bridgehead atoms. The first-order valence-electron chi connectivity index (χ1n) is 22.1. The summed E-state index contributed by atoms with van der Waals surface area (Å²) in [5, 5.41) is 1.35. The average molecular weight is 800 g/mol. The molecule has 0 aliphatic heterocycles. The monoisotopic (exact) mass is 799 g/mol. The Morgan fingerprint density at radius 2 is 1.21 bits per heavy atom. The van der Waals surface area contributed by atoms with Crippen molar-refractivity contribution in [1.82, 2.24) is 0 Å². The molecule has 2 heteroatoms. The lowest BCUT2D eigenvalue weighted by molar-refractivity contribution is 0.591. The Kier molecular flexibility index (Phi) is 7.39. The van der Waals surface area contributed by atoms with Gasteiger partial charge in [-0.2, -0.15) is 0 Å². The van der Waals surface area contributed by atoms with Gasteiger partial charge in [-0.05, 0) is 122 Å². The highest BCUT2D eigenvalue weighted by Gasteiger charge is 2.54. The van der Waals surface area contributed by atoms with Crippen LogP contribution in [0.2, 0.25) is 0 Å². The Bertz CT molecular complexity index is 3250. The van der Waals surface area contributed by atoms with Gasteiger partial charge >= 0.3 is 0 Å². The van der Waals surface area contributed by atoms with E-state index in [0.717, 1.165) is 19.3 Å². The van der Waals surface area contributed by atoms with E-state index in [4.69, 9.17) is 0 Å². The summed E-state index contributed by atoms with van der Waals surface area (Å²) in [5.41, 5.74) is 24.0. The zero-order chi connectivity index (χ0) is 40.6. The second-order valence-corrected chi connectivity index (χ2v) is 19.3. The first-order valence-corrected chi connectivity index (χ1v) is 22.9. The maximum atomic E-state index is 2.63. The number of nitrogens with zero attached hydrogens (tertiary/aromatic N) is 1. The smallest absolute Gasteiger partial charge is 0.0691 e. The number of benzene rings is 7. The van der Waals surface area contributed by atoms with Crippen LogP contribution in [0.4, 0.5) is 11.4 Å². The summed E-state index contributed by atoms with van der Waals surface area (Å²) in [6.45, 7) is 7.22. The molecule has 1 heterocycles. The molecule has 1 unspecified atom stereocenters. The van der Waals surface area contributed by atoms with Crippen molar-refractivity contribution in [1.29, 1.82) is 0 Å². The third kappa shape index (κ3) is 4.61. The van der Waals surface area contributed by atoms with Gasteiger partial charge in [0.05, 0.1) is 16.8 Å². The molecular formula is C59H45NS. The maximum Gasteiger partial charge on any atom is 0.0691 e. The summed E-state index contributed by atoms with van der Waals surface area (Å²) in [4.78, 5) is 4.11. The van der Waals surface area contributed by atoms with Crippen molar-refractivity contribution >= 4 is 44.1 Å². The van der Waals surface area contributed by atoms with Crippen LogP contribution in [-0.4, -0.2) is 0 Å². The number of anilines is 2. The molecule has 0 amide bonds. The summed E-state index contributed by atoms with van der Waals surface area (Å²) in [6.07, 6.45) is 10.5. The van der Waals surface area contributed by atoms with Crippen molar-refractivity contribution in [2.75, 3.05) is 4.90 Å². The summed E-state index contributed by atoms with van der Waals surface area (Å²) >= 11 is 1.97. The van der Waals surface area contributed by atoms with Crippen LogP contribution in [0, 0.1) is 5.92 Å². The first kappa shape index (κ1) is 35.3. The van der Waals surface area contributed by atoms with E-state index in [1.807, 2.05) is 11.3 Å². The van der Waals surface area contributed by atoms with Gasteiger partial charge in [-0.25, -0.2) is 0 Å². The highest BCUT2D eigenvalue weighted by atomic mass is 32.1. The maximum absolute atomic E-state index is 2.63. The highest BCUT2D eigenvalue weighted by Crippen LogP contribution is 2.65. The average Bonchev–Trinajstić information content (AvgIpc) is 3.99. The molecular weight excluding hydrogens is 755 g/mol. The standard InChI is InChI=1S/C59H45NS/c1-36-17-14-24-42-45-35-37(33-34-49(45)59(57(36)42)47-26-10-4-18-38(47)39-19-5-11-27-48(39)59)60(52-30-16-32-54-56(52)44-22-8-13-31-53(44)61-54)51-29-12-7-20-40(51)41-23-15-28-50-55(41)43-21-6-9-25-46(43)58(50,2)3/h4-15,18-31,33-36H,16-17,32H2,1-3H3. The van der Waals surface area contributed by atoms with Crippen LogP contribution >= 0.6 is 11.3 Å². The number of hydrogen-bond donors (Lipinski definition) is 0. The molecule has 7 aromatic carbocycles. The molecule has 1 spiro atoms. The Hall–Kier alpha value is -6.48. The quantitative estimate of drug-likeness (QED) is 0.171. The highest BCUT2D eigenvalue weighted by molar-refractivity contribution is 7.19. The zero-order valence-corrected chi connectivity index (χ0v) is 35.6. The number of rotatable bonds is 4. The van der Waals surface area contributed by atoms with Gasteiger partial charge in [0.25, 0.3) is 0 Å². The van der Waals surface area contributed by atoms with Gasteiger partial charge in [0.2, 0.25) is 0 Å². The Morgan fingerprint density at radius 3 is 2.02 bits per heavy atom. The minimum absolute atomic E-state index is 0.0868. The van der Waals surface area contributed by atoms with Crippen molar-refractivity contribution < 1.29 is 0 Å². The number of allylic oxidation sites excluding steroid dienone is 5. The van der Waals surface area contributed by atoms with E-state index in [-0.39, 0.29) is 10.8 Å². The van der Waals surface area contributed by atoms with Gasteiger partial charge in [-0.15, -0.1) is 11.3 Å². The second-order valence-electron chi connectivity index (χ2n) is 18.2. The van der Waals surface area contributed by atoms with Gasteiger partial charge in [0.15, 0.2) is 0 Å². The molecule has 0 saturated heterocycles. The van der Waals surface area contributed by atoms with Crippen molar-refractivity contribution in [3.05, 3.63) is 225 Å². The lowest BCUT2D eigenvalue weighted by atomic mass is 9.65. The van der Waals surface area contributed by atoms with Gasteiger partial charge in [0, 0.05) is 37.2 Å². The van der Waals surface area contributed by atoms with E-state index in [1.165, 1.54) is 110 Å². The lowest BCUT2D eigenvalue weighted by Crippen LogP contribution is -2.30. The van der Waals surface area contributed by atoms with E-state index in [9.17, 15) is 0 Å². The van der Waals surface area contributed by atoms with Crippen LogP contribution in [0.15, 0.2) is 182 Å². The molecule has 5 aliphatic rings. The molecule has 0 N–H and O–H groups in total. The largest absolute Gasteiger partial charge is 0.310 e. The fourth-order valence-electron chi connectivity index (χ4n) is 12.3. The Balaban J connectivity index is 1.09. The first-order chi connectivity index (χ1) is 30.0. The Labute approximate surface area is 362 Å². The van der Waals surface area contributed by atoms with Crippen molar-refractivity contribution in [2.45, 2.75) is 50.9 Å². The summed E-state index contributed by atoms with van der Waals surface area (Å²) in [7, 11) is 0. The molecule has 1 atom stereocenters. The fourth-order valence-corrected chi connectivity index (χ4v) is 13.6. The van der Waals surface area contributed by atoms with E-state index in [1.54, 1.807) is 5.57 Å². The number of hydrogen-bond acceptors (Lipinski definition) is 2. The molecule has 1 aromatic heterocycles. The van der Waals surface area contributed by atoms with Gasteiger partial charge in [-0.3, -0.25) is 0 Å². The van der Waals surface area contributed by atoms with Crippen LogP contribution in [-0.2, 0) is 17.3 Å². The van der Waals surface area contributed by atoms with Crippen LogP contribution in [0.3, 0.4) is 0 Å². The predicted molar refractivity (Wildman–Crippen MR) is 258 cm³/mol. The van der Waals surface area contributed by atoms with Crippen LogP contribution in [0.1, 0.15) is 77.4 Å². The number of para-hydroxylation sites is 1. The third-order valence-electron chi connectivity index (χ3n) is 14.8. The van der Waals surface area contributed by atoms with Crippen LogP contribution in [0.5, 0.6) is 0 Å². The second kappa shape index (κ2) is 12.8. The topological polar surface area (TPSA) is 3.24 Å². The van der Waals surface area contributed by atoms with E-state index >= 15 is 0 Å². The van der Waals surface area contributed by atoms with Crippen molar-refractivity contribution in [2.24, 2.45) is 5.92 Å². The third-order valence-corrected chi connectivity index (χ3v) is 16.0. The molecule has 13 rings (SSSR count). The van der Waals surface area contributed by atoms with Crippen molar-refractivity contribution in [3.63, 3.8) is 0 Å². The molecule has 5 aliphatic carbocycles.